The summed E-state index contributed by atoms with van der Waals surface area (Å²) in [6.07, 6.45) is 9.56. The number of thiophene rings is 1. The summed E-state index contributed by atoms with van der Waals surface area (Å²) in [5.41, 5.74) is 7.98. The van der Waals surface area contributed by atoms with Crippen LogP contribution in [0.25, 0.3) is 0 Å². The van der Waals surface area contributed by atoms with Gasteiger partial charge in [0, 0.05) is 12.1 Å². The van der Waals surface area contributed by atoms with Crippen molar-refractivity contribution >= 4 is 11.3 Å². The molecule has 0 aromatic carbocycles. The van der Waals surface area contributed by atoms with E-state index in [0.29, 0.717) is 6.04 Å². The molecule has 112 valence electrons. The number of hydrogen-bond donors (Lipinski definition) is 1. The van der Waals surface area contributed by atoms with Gasteiger partial charge in [0.2, 0.25) is 0 Å². The summed E-state index contributed by atoms with van der Waals surface area (Å²) in [5, 5.41) is 4.51. The topological polar surface area (TPSA) is 29.3 Å². The van der Waals surface area contributed by atoms with Crippen molar-refractivity contribution in [1.29, 1.82) is 0 Å². The van der Waals surface area contributed by atoms with Crippen molar-refractivity contribution in [1.82, 2.24) is 4.90 Å². The van der Waals surface area contributed by atoms with E-state index in [2.05, 4.69) is 28.7 Å². The van der Waals surface area contributed by atoms with Crippen molar-refractivity contribution in [2.45, 2.75) is 70.0 Å². The third-order valence-corrected chi connectivity index (χ3v) is 6.11. The zero-order valence-electron chi connectivity index (χ0n) is 12.6. The van der Waals surface area contributed by atoms with E-state index >= 15 is 0 Å². The van der Waals surface area contributed by atoms with Gasteiger partial charge in [-0.3, -0.25) is 4.90 Å². The van der Waals surface area contributed by atoms with Gasteiger partial charge >= 0.3 is 0 Å². The Hall–Kier alpha value is -0.380. The van der Waals surface area contributed by atoms with E-state index in [9.17, 15) is 0 Å². The SMILES string of the molecule is CCC(N)C(c1ccsc1)N1CCCC2CCCCC21. The molecule has 1 saturated carbocycles. The molecule has 20 heavy (non-hydrogen) atoms. The van der Waals surface area contributed by atoms with Gasteiger partial charge in [-0.25, -0.2) is 0 Å². The second-order valence-corrected chi connectivity index (χ2v) is 7.35. The van der Waals surface area contributed by atoms with Gasteiger partial charge in [0.05, 0.1) is 6.04 Å². The Balaban J connectivity index is 1.85. The third-order valence-electron chi connectivity index (χ3n) is 5.41. The number of likely N-dealkylation sites (tertiary alicyclic amines) is 1. The minimum Gasteiger partial charge on any atom is -0.326 e. The highest BCUT2D eigenvalue weighted by Crippen LogP contribution is 2.40. The van der Waals surface area contributed by atoms with E-state index in [1.54, 1.807) is 11.3 Å². The first-order chi connectivity index (χ1) is 9.81. The van der Waals surface area contributed by atoms with Crippen LogP contribution in [0.5, 0.6) is 0 Å². The molecule has 0 radical (unpaired) electrons. The molecule has 2 fully saturated rings. The minimum atomic E-state index is 0.269. The van der Waals surface area contributed by atoms with E-state index in [-0.39, 0.29) is 6.04 Å². The fourth-order valence-electron chi connectivity index (χ4n) is 4.36. The van der Waals surface area contributed by atoms with E-state index < -0.39 is 0 Å². The van der Waals surface area contributed by atoms with Gasteiger partial charge < -0.3 is 5.73 Å². The molecular formula is C17H28N2S. The molecule has 1 saturated heterocycles. The second-order valence-electron chi connectivity index (χ2n) is 6.57. The summed E-state index contributed by atoms with van der Waals surface area (Å²) >= 11 is 1.81. The fourth-order valence-corrected chi connectivity index (χ4v) is 5.05. The molecule has 3 rings (SSSR count). The Bertz CT molecular complexity index is 401. The molecule has 2 N–H and O–H groups in total. The summed E-state index contributed by atoms with van der Waals surface area (Å²) in [4.78, 5) is 2.78. The van der Waals surface area contributed by atoms with Crippen LogP contribution in [0, 0.1) is 5.92 Å². The van der Waals surface area contributed by atoms with Crippen LogP contribution < -0.4 is 5.73 Å². The predicted molar refractivity (Wildman–Crippen MR) is 87.0 cm³/mol. The lowest BCUT2D eigenvalue weighted by atomic mass is 9.77. The van der Waals surface area contributed by atoms with Gasteiger partial charge in [0.1, 0.15) is 0 Å². The normalized spacial score (nSPS) is 30.7. The molecule has 1 aliphatic heterocycles. The van der Waals surface area contributed by atoms with Gasteiger partial charge in [0.25, 0.3) is 0 Å². The Morgan fingerprint density at radius 3 is 2.85 bits per heavy atom. The van der Waals surface area contributed by atoms with Gasteiger partial charge in [0.15, 0.2) is 0 Å². The molecular weight excluding hydrogens is 264 g/mol. The molecule has 1 aliphatic carbocycles. The molecule has 0 bridgehead atoms. The van der Waals surface area contributed by atoms with Crippen LogP contribution >= 0.6 is 11.3 Å². The van der Waals surface area contributed by atoms with Gasteiger partial charge in [-0.2, -0.15) is 11.3 Å². The maximum Gasteiger partial charge on any atom is 0.0510 e. The van der Waals surface area contributed by atoms with Crippen LogP contribution in [0.3, 0.4) is 0 Å². The zero-order valence-corrected chi connectivity index (χ0v) is 13.4. The summed E-state index contributed by atoms with van der Waals surface area (Å²) in [5.74, 6) is 0.933. The lowest BCUT2D eigenvalue weighted by Gasteiger charge is -2.49. The molecule has 1 aromatic heterocycles. The van der Waals surface area contributed by atoms with Crippen LogP contribution in [0.4, 0.5) is 0 Å². The molecule has 0 amide bonds. The second kappa shape index (κ2) is 6.59. The van der Waals surface area contributed by atoms with Gasteiger partial charge in [-0.1, -0.05) is 19.8 Å². The highest BCUT2D eigenvalue weighted by Gasteiger charge is 2.38. The number of nitrogens with zero attached hydrogens (tertiary/aromatic N) is 1. The lowest BCUT2D eigenvalue weighted by molar-refractivity contribution is 0.0156. The quantitative estimate of drug-likeness (QED) is 0.902. The van der Waals surface area contributed by atoms with Crippen LogP contribution in [-0.2, 0) is 0 Å². The highest BCUT2D eigenvalue weighted by molar-refractivity contribution is 7.07. The van der Waals surface area contributed by atoms with E-state index in [1.165, 1.54) is 50.6 Å². The smallest absolute Gasteiger partial charge is 0.0510 e. The number of hydrogen-bond acceptors (Lipinski definition) is 3. The summed E-state index contributed by atoms with van der Waals surface area (Å²) in [6, 6.07) is 3.79. The molecule has 2 aliphatic rings. The monoisotopic (exact) mass is 292 g/mol. The Morgan fingerprint density at radius 1 is 1.30 bits per heavy atom. The summed E-state index contributed by atoms with van der Waals surface area (Å²) in [6.45, 7) is 3.47. The third kappa shape index (κ3) is 2.81. The molecule has 2 heterocycles. The van der Waals surface area contributed by atoms with Crippen molar-refractivity contribution < 1.29 is 0 Å². The van der Waals surface area contributed by atoms with Gasteiger partial charge in [-0.15, -0.1) is 0 Å². The molecule has 1 aromatic rings. The predicted octanol–water partition coefficient (Wildman–Crippen LogP) is 4.18. The maximum absolute atomic E-state index is 6.52. The average molecular weight is 292 g/mol. The number of nitrogens with two attached hydrogens (primary N) is 1. The van der Waals surface area contributed by atoms with Crippen molar-refractivity contribution in [2.24, 2.45) is 11.7 Å². The van der Waals surface area contributed by atoms with Crippen LogP contribution in [-0.4, -0.2) is 23.5 Å². The lowest BCUT2D eigenvalue weighted by Crippen LogP contribution is -2.52. The Labute approximate surface area is 127 Å². The van der Waals surface area contributed by atoms with Crippen LogP contribution in [0.15, 0.2) is 16.8 Å². The molecule has 4 atom stereocenters. The van der Waals surface area contributed by atoms with Gasteiger partial charge in [-0.05, 0) is 67.0 Å². The number of piperidine rings is 1. The number of fused-ring (bicyclic) bond motifs is 1. The van der Waals surface area contributed by atoms with E-state index in [4.69, 9.17) is 5.73 Å². The highest BCUT2D eigenvalue weighted by atomic mass is 32.1. The van der Waals surface area contributed by atoms with Crippen LogP contribution in [0.1, 0.15) is 63.5 Å². The van der Waals surface area contributed by atoms with Crippen molar-refractivity contribution in [3.8, 4) is 0 Å². The van der Waals surface area contributed by atoms with E-state index in [1.807, 2.05) is 0 Å². The Morgan fingerprint density at radius 2 is 2.10 bits per heavy atom. The first-order valence-electron chi connectivity index (χ1n) is 8.34. The molecule has 3 heteroatoms. The molecule has 0 spiro atoms. The maximum atomic E-state index is 6.52. The first-order valence-corrected chi connectivity index (χ1v) is 9.29. The standard InChI is InChI=1S/C17H28N2S/c1-2-15(18)17(14-9-11-20-12-14)19-10-5-7-13-6-3-4-8-16(13)19/h9,11-13,15-17H,2-8,10,18H2,1H3. The summed E-state index contributed by atoms with van der Waals surface area (Å²) in [7, 11) is 0. The minimum absolute atomic E-state index is 0.269. The van der Waals surface area contributed by atoms with Crippen molar-refractivity contribution in [3.05, 3.63) is 22.4 Å². The average Bonchev–Trinajstić information content (AvgIpc) is 3.01. The molecule has 2 nitrogen and oxygen atoms in total. The largest absolute Gasteiger partial charge is 0.326 e. The first kappa shape index (κ1) is 14.6. The molecule has 4 unspecified atom stereocenters. The van der Waals surface area contributed by atoms with Crippen LogP contribution in [0.2, 0.25) is 0 Å². The van der Waals surface area contributed by atoms with E-state index in [0.717, 1.165) is 18.4 Å². The Kier molecular flexibility index (Phi) is 4.79. The fraction of sp³-hybridized carbons (Fsp3) is 0.765. The number of rotatable bonds is 4. The van der Waals surface area contributed by atoms with Crippen molar-refractivity contribution in [2.75, 3.05) is 6.54 Å². The zero-order chi connectivity index (χ0) is 13.9. The van der Waals surface area contributed by atoms with Crippen molar-refractivity contribution in [3.63, 3.8) is 0 Å². The summed E-state index contributed by atoms with van der Waals surface area (Å²) < 4.78 is 0.